The van der Waals surface area contributed by atoms with Gasteiger partial charge < -0.3 is 5.73 Å². The molecule has 0 spiro atoms. The van der Waals surface area contributed by atoms with Crippen molar-refractivity contribution in [1.82, 2.24) is 4.98 Å². The molecule has 0 aliphatic carbocycles. The van der Waals surface area contributed by atoms with Gasteiger partial charge in [-0.2, -0.15) is 0 Å². The minimum Gasteiger partial charge on any atom is -0.327 e. The van der Waals surface area contributed by atoms with Crippen molar-refractivity contribution >= 4 is 11.3 Å². The van der Waals surface area contributed by atoms with E-state index in [-0.39, 0.29) is 6.04 Å². The van der Waals surface area contributed by atoms with Gasteiger partial charge in [0.25, 0.3) is 0 Å². The van der Waals surface area contributed by atoms with Gasteiger partial charge in [-0.3, -0.25) is 0 Å². The number of rotatable bonds is 6. The fourth-order valence-electron chi connectivity index (χ4n) is 2.80. The molecule has 0 bridgehead atoms. The van der Waals surface area contributed by atoms with E-state index in [9.17, 15) is 0 Å². The van der Waals surface area contributed by atoms with Crippen molar-refractivity contribution < 1.29 is 0 Å². The number of aryl methyl sites for hydroxylation is 1. The Morgan fingerprint density at radius 2 is 1.95 bits per heavy atom. The molecule has 0 saturated carbocycles. The van der Waals surface area contributed by atoms with Crippen molar-refractivity contribution in [2.75, 3.05) is 0 Å². The molecule has 1 aromatic heterocycles. The van der Waals surface area contributed by atoms with Gasteiger partial charge in [0.15, 0.2) is 0 Å². The van der Waals surface area contributed by atoms with E-state index in [0.717, 1.165) is 23.5 Å². The predicted molar refractivity (Wildman–Crippen MR) is 87.2 cm³/mol. The number of nitrogens with two attached hydrogens (primary N) is 1. The van der Waals surface area contributed by atoms with Crippen molar-refractivity contribution in [3.63, 3.8) is 0 Å². The summed E-state index contributed by atoms with van der Waals surface area (Å²) in [5.74, 6) is 0.968. The molecule has 0 saturated heterocycles. The lowest BCUT2D eigenvalue weighted by atomic mass is 9.79. The van der Waals surface area contributed by atoms with Crippen LogP contribution in [-0.4, -0.2) is 11.0 Å². The first-order chi connectivity index (χ1) is 9.61. The number of thiazole rings is 1. The third-order valence-corrected chi connectivity index (χ3v) is 4.84. The highest BCUT2D eigenvalue weighted by atomic mass is 32.1. The lowest BCUT2D eigenvalue weighted by Gasteiger charge is -2.29. The molecular formula is C17H24N2S. The monoisotopic (exact) mass is 288 g/mol. The maximum Gasteiger partial charge on any atom is 0.0897 e. The summed E-state index contributed by atoms with van der Waals surface area (Å²) in [6.45, 7) is 6.58. The Morgan fingerprint density at radius 3 is 2.50 bits per heavy atom. The highest BCUT2D eigenvalue weighted by Gasteiger charge is 2.25. The van der Waals surface area contributed by atoms with Gasteiger partial charge in [0.05, 0.1) is 10.7 Å². The van der Waals surface area contributed by atoms with Crippen molar-refractivity contribution in [3.8, 4) is 0 Å². The van der Waals surface area contributed by atoms with Crippen LogP contribution in [0.1, 0.15) is 42.5 Å². The first-order valence-electron chi connectivity index (χ1n) is 7.33. The standard InChI is InChI=1S/C17H24N2S/c1-4-12(2)17(14-8-6-5-7-9-14)16(18)10-15-11-20-13(3)19-15/h5-9,11-12,16-17H,4,10,18H2,1-3H3. The van der Waals surface area contributed by atoms with Gasteiger partial charge in [0, 0.05) is 23.8 Å². The van der Waals surface area contributed by atoms with E-state index in [1.54, 1.807) is 11.3 Å². The lowest BCUT2D eigenvalue weighted by molar-refractivity contribution is 0.378. The molecule has 2 aromatic rings. The largest absolute Gasteiger partial charge is 0.327 e. The second kappa shape index (κ2) is 7.00. The first kappa shape index (κ1) is 15.2. The van der Waals surface area contributed by atoms with Gasteiger partial charge in [0.1, 0.15) is 0 Å². The van der Waals surface area contributed by atoms with E-state index in [1.807, 2.05) is 6.92 Å². The summed E-state index contributed by atoms with van der Waals surface area (Å²) in [6, 6.07) is 10.8. The number of nitrogens with zero attached hydrogens (tertiary/aromatic N) is 1. The second-order valence-electron chi connectivity index (χ2n) is 5.55. The molecule has 1 heterocycles. The zero-order chi connectivity index (χ0) is 14.5. The Kier molecular flexibility index (Phi) is 5.32. The van der Waals surface area contributed by atoms with Crippen molar-refractivity contribution in [2.24, 2.45) is 11.7 Å². The van der Waals surface area contributed by atoms with Crippen LogP contribution >= 0.6 is 11.3 Å². The molecular weight excluding hydrogens is 264 g/mol. The SMILES string of the molecule is CCC(C)C(c1ccccc1)C(N)Cc1csc(C)n1. The number of aromatic nitrogens is 1. The average molecular weight is 288 g/mol. The zero-order valence-corrected chi connectivity index (χ0v) is 13.4. The number of hydrogen-bond acceptors (Lipinski definition) is 3. The quantitative estimate of drug-likeness (QED) is 0.867. The normalized spacial score (nSPS) is 15.8. The first-order valence-corrected chi connectivity index (χ1v) is 8.21. The van der Waals surface area contributed by atoms with Crippen LogP contribution in [0.25, 0.3) is 0 Å². The summed E-state index contributed by atoms with van der Waals surface area (Å²) in [5.41, 5.74) is 9.01. The highest BCUT2D eigenvalue weighted by molar-refractivity contribution is 7.09. The molecule has 0 amide bonds. The fraction of sp³-hybridized carbons (Fsp3) is 0.471. The molecule has 0 aliphatic heterocycles. The second-order valence-corrected chi connectivity index (χ2v) is 6.61. The summed E-state index contributed by atoms with van der Waals surface area (Å²) >= 11 is 1.70. The molecule has 0 fully saturated rings. The molecule has 2 nitrogen and oxygen atoms in total. The van der Waals surface area contributed by atoms with Crippen LogP contribution in [0.3, 0.4) is 0 Å². The Bertz CT molecular complexity index is 521. The predicted octanol–water partition coefficient (Wildman–Crippen LogP) is 4.15. The van der Waals surface area contributed by atoms with Crippen LogP contribution in [0.4, 0.5) is 0 Å². The zero-order valence-electron chi connectivity index (χ0n) is 12.5. The van der Waals surface area contributed by atoms with E-state index in [0.29, 0.717) is 11.8 Å². The van der Waals surface area contributed by atoms with E-state index in [1.165, 1.54) is 5.56 Å². The van der Waals surface area contributed by atoms with Crippen molar-refractivity contribution in [3.05, 3.63) is 52.0 Å². The van der Waals surface area contributed by atoms with Gasteiger partial charge in [0.2, 0.25) is 0 Å². The Morgan fingerprint density at radius 1 is 1.25 bits per heavy atom. The lowest BCUT2D eigenvalue weighted by Crippen LogP contribution is -2.34. The minimum absolute atomic E-state index is 0.119. The number of benzene rings is 1. The molecule has 20 heavy (non-hydrogen) atoms. The Labute approximate surface area is 126 Å². The summed E-state index contributed by atoms with van der Waals surface area (Å²) in [4.78, 5) is 4.55. The van der Waals surface area contributed by atoms with E-state index >= 15 is 0 Å². The van der Waals surface area contributed by atoms with Crippen LogP contribution in [0, 0.1) is 12.8 Å². The Balaban J connectivity index is 2.18. The summed E-state index contributed by atoms with van der Waals surface area (Å²) in [6.07, 6.45) is 2.00. The molecule has 3 unspecified atom stereocenters. The van der Waals surface area contributed by atoms with Crippen LogP contribution < -0.4 is 5.73 Å². The Hall–Kier alpha value is -1.19. The van der Waals surface area contributed by atoms with E-state index < -0.39 is 0 Å². The topological polar surface area (TPSA) is 38.9 Å². The highest BCUT2D eigenvalue weighted by Crippen LogP contribution is 2.30. The smallest absolute Gasteiger partial charge is 0.0897 e. The van der Waals surface area contributed by atoms with Gasteiger partial charge in [-0.1, -0.05) is 50.6 Å². The molecule has 108 valence electrons. The number of hydrogen-bond donors (Lipinski definition) is 1. The van der Waals surface area contributed by atoms with Gasteiger partial charge >= 0.3 is 0 Å². The van der Waals surface area contributed by atoms with Gasteiger partial charge in [-0.25, -0.2) is 4.98 Å². The summed E-state index contributed by atoms with van der Waals surface area (Å²) in [5, 5.41) is 3.25. The van der Waals surface area contributed by atoms with E-state index in [4.69, 9.17) is 5.73 Å². The third kappa shape index (κ3) is 3.68. The van der Waals surface area contributed by atoms with Crippen LogP contribution in [0.5, 0.6) is 0 Å². The maximum absolute atomic E-state index is 6.53. The van der Waals surface area contributed by atoms with Crippen LogP contribution in [-0.2, 0) is 6.42 Å². The van der Waals surface area contributed by atoms with Crippen molar-refractivity contribution in [2.45, 2.75) is 45.6 Å². The molecule has 0 radical (unpaired) electrons. The summed E-state index contributed by atoms with van der Waals surface area (Å²) in [7, 11) is 0. The van der Waals surface area contributed by atoms with Crippen molar-refractivity contribution in [1.29, 1.82) is 0 Å². The minimum atomic E-state index is 0.119. The molecule has 3 heteroatoms. The average Bonchev–Trinajstić information content (AvgIpc) is 2.85. The molecule has 0 aliphatic rings. The van der Waals surface area contributed by atoms with E-state index in [2.05, 4.69) is 54.5 Å². The molecule has 3 atom stereocenters. The molecule has 1 aromatic carbocycles. The van der Waals surface area contributed by atoms with Gasteiger partial charge in [-0.15, -0.1) is 11.3 Å². The molecule has 2 rings (SSSR count). The fourth-order valence-corrected chi connectivity index (χ4v) is 3.42. The van der Waals surface area contributed by atoms with Gasteiger partial charge in [-0.05, 0) is 18.4 Å². The molecule has 2 N–H and O–H groups in total. The van der Waals surface area contributed by atoms with Crippen LogP contribution in [0.2, 0.25) is 0 Å². The van der Waals surface area contributed by atoms with Crippen LogP contribution in [0.15, 0.2) is 35.7 Å². The maximum atomic E-state index is 6.53. The third-order valence-electron chi connectivity index (χ3n) is 4.01. The summed E-state index contributed by atoms with van der Waals surface area (Å²) < 4.78 is 0.